The molecule has 0 aliphatic heterocycles. The van der Waals surface area contributed by atoms with Crippen molar-refractivity contribution in [3.63, 3.8) is 0 Å². The molecule has 0 N–H and O–H groups in total. The maximum atomic E-state index is 12.7. The molecule has 4 saturated carbocycles. The van der Waals surface area contributed by atoms with Crippen molar-refractivity contribution in [2.75, 3.05) is 0 Å². The van der Waals surface area contributed by atoms with Crippen LogP contribution in [0.5, 0.6) is 0 Å². The number of carbonyl (C=O) groups is 2. The Balaban J connectivity index is 1.44. The van der Waals surface area contributed by atoms with E-state index in [0.717, 1.165) is 25.7 Å². The summed E-state index contributed by atoms with van der Waals surface area (Å²) in [5, 5.41) is 0. The quantitative estimate of drug-likeness (QED) is 0.358. The normalized spacial score (nSPS) is 43.2. The number of alkyl halides is 6. The van der Waals surface area contributed by atoms with E-state index >= 15 is 0 Å². The molecule has 0 aromatic rings. The average molecular weight is 484 g/mol. The van der Waals surface area contributed by atoms with Crippen molar-refractivity contribution in [2.45, 2.75) is 96.2 Å². The third-order valence-electron chi connectivity index (χ3n) is 9.36. The van der Waals surface area contributed by atoms with Crippen molar-refractivity contribution in [1.82, 2.24) is 0 Å². The fraction of sp³-hybridized carbons (Fsp3) is 0.913. The van der Waals surface area contributed by atoms with Gasteiger partial charge in [0.2, 0.25) is 0 Å². The Labute approximate surface area is 188 Å². The molecular formula is C23H30F6O4. The topological polar surface area (TPSA) is 52.6 Å². The summed E-state index contributed by atoms with van der Waals surface area (Å²) in [5.74, 6) is -3.37. The number of esters is 2. The molecule has 4 aliphatic carbocycles. The van der Waals surface area contributed by atoms with E-state index in [0.29, 0.717) is 38.0 Å². The SMILES string of the molecule is C[C@]12CCC3C(CC[C@H]4C[C@@H](OC(=O)C(F)(F)F)CC[C@]34C)C1C[C@@H](OC(=O)C(F)(F)F)C2. The van der Waals surface area contributed by atoms with E-state index in [1.54, 1.807) is 0 Å². The summed E-state index contributed by atoms with van der Waals surface area (Å²) in [7, 11) is 0. The Morgan fingerprint density at radius 1 is 0.758 bits per heavy atom. The summed E-state index contributed by atoms with van der Waals surface area (Å²) in [6.45, 7) is 4.26. The maximum absolute atomic E-state index is 12.7. The minimum absolute atomic E-state index is 0.105. The number of hydrogen-bond donors (Lipinski definition) is 0. The molecule has 10 heteroatoms. The van der Waals surface area contributed by atoms with Crippen LogP contribution in [-0.2, 0) is 19.1 Å². The van der Waals surface area contributed by atoms with Crippen LogP contribution in [0.1, 0.15) is 71.6 Å². The fourth-order valence-corrected chi connectivity index (χ4v) is 7.85. The highest BCUT2D eigenvalue weighted by atomic mass is 19.4. The summed E-state index contributed by atoms with van der Waals surface area (Å²) in [5.41, 5.74) is -0.285. The summed E-state index contributed by atoms with van der Waals surface area (Å²) >= 11 is 0. The van der Waals surface area contributed by atoms with Gasteiger partial charge in [-0.1, -0.05) is 13.8 Å². The van der Waals surface area contributed by atoms with Gasteiger partial charge in [0.05, 0.1) is 0 Å². The molecule has 0 amide bonds. The second-order valence-electron chi connectivity index (χ2n) is 11.1. The van der Waals surface area contributed by atoms with Crippen molar-refractivity contribution in [2.24, 2.45) is 34.5 Å². The smallest absolute Gasteiger partial charge is 0.456 e. The minimum atomic E-state index is -5.00. The lowest BCUT2D eigenvalue weighted by molar-refractivity contribution is -0.210. The van der Waals surface area contributed by atoms with Crippen molar-refractivity contribution in [3.8, 4) is 0 Å². The Hall–Kier alpha value is -1.48. The predicted octanol–water partition coefficient (Wildman–Crippen LogP) is 5.98. The predicted molar refractivity (Wildman–Crippen MR) is 104 cm³/mol. The highest BCUT2D eigenvalue weighted by molar-refractivity contribution is 5.76. The van der Waals surface area contributed by atoms with Crippen molar-refractivity contribution < 1.29 is 45.4 Å². The highest BCUT2D eigenvalue weighted by Gasteiger charge is 2.60. The first kappa shape index (κ1) is 24.6. The van der Waals surface area contributed by atoms with Gasteiger partial charge in [-0.2, -0.15) is 26.3 Å². The summed E-state index contributed by atoms with van der Waals surface area (Å²) < 4.78 is 85.4. The van der Waals surface area contributed by atoms with E-state index in [2.05, 4.69) is 13.8 Å². The van der Waals surface area contributed by atoms with Crippen LogP contribution in [0.25, 0.3) is 0 Å². The minimum Gasteiger partial charge on any atom is -0.456 e. The van der Waals surface area contributed by atoms with Crippen LogP contribution >= 0.6 is 0 Å². The van der Waals surface area contributed by atoms with E-state index in [4.69, 9.17) is 9.47 Å². The van der Waals surface area contributed by atoms with Gasteiger partial charge in [0.15, 0.2) is 0 Å². The van der Waals surface area contributed by atoms with Crippen LogP contribution in [0.2, 0.25) is 0 Å². The van der Waals surface area contributed by atoms with Crippen molar-refractivity contribution in [3.05, 3.63) is 0 Å². The molecule has 4 aliphatic rings. The van der Waals surface area contributed by atoms with Gasteiger partial charge < -0.3 is 9.47 Å². The highest BCUT2D eigenvalue weighted by Crippen LogP contribution is 2.66. The van der Waals surface area contributed by atoms with Crippen LogP contribution in [0.4, 0.5) is 26.3 Å². The molecule has 3 unspecified atom stereocenters. The third-order valence-corrected chi connectivity index (χ3v) is 9.36. The largest absolute Gasteiger partial charge is 0.490 e. The van der Waals surface area contributed by atoms with Gasteiger partial charge in [-0.15, -0.1) is 0 Å². The molecule has 0 spiro atoms. The standard InChI is InChI=1S/C23H30F6O4/c1-20-7-6-16-15(17(20)10-14(11-20)33-19(31)23(27,28)29)4-3-12-9-13(5-8-21(12,16)2)32-18(30)22(24,25)26/h12-17H,3-11H2,1-2H3/t12-,13-,14+,15?,16?,17?,20+,21-/m0/s1. The maximum Gasteiger partial charge on any atom is 0.490 e. The molecule has 0 heterocycles. The Bertz CT molecular complexity index is 795. The number of ether oxygens (including phenoxy) is 2. The number of halogens is 6. The van der Waals surface area contributed by atoms with Crippen LogP contribution in [0, 0.1) is 34.5 Å². The number of fused-ring (bicyclic) bond motifs is 5. The summed E-state index contributed by atoms with van der Waals surface area (Å²) in [4.78, 5) is 22.6. The van der Waals surface area contributed by atoms with E-state index in [1.807, 2.05) is 0 Å². The van der Waals surface area contributed by atoms with Crippen molar-refractivity contribution in [1.29, 1.82) is 0 Å². The second kappa shape index (κ2) is 8.04. The van der Waals surface area contributed by atoms with E-state index in [-0.39, 0.29) is 28.6 Å². The van der Waals surface area contributed by atoms with Gasteiger partial charge in [0.1, 0.15) is 12.2 Å². The molecule has 0 aromatic heterocycles. The first-order chi connectivity index (χ1) is 15.1. The lowest BCUT2D eigenvalue weighted by Crippen LogP contribution is -2.53. The van der Waals surface area contributed by atoms with Crippen LogP contribution in [0.15, 0.2) is 0 Å². The zero-order valence-corrected chi connectivity index (χ0v) is 18.7. The molecule has 0 saturated heterocycles. The van der Waals surface area contributed by atoms with Gasteiger partial charge in [0.25, 0.3) is 0 Å². The zero-order valence-electron chi connectivity index (χ0n) is 18.7. The van der Waals surface area contributed by atoms with Crippen LogP contribution < -0.4 is 0 Å². The molecule has 8 atom stereocenters. The number of hydrogen-bond acceptors (Lipinski definition) is 4. The van der Waals surface area contributed by atoms with Crippen LogP contribution in [-0.4, -0.2) is 36.5 Å². The van der Waals surface area contributed by atoms with E-state index < -0.39 is 36.5 Å². The molecule has 0 aromatic carbocycles. The Kier molecular flexibility index (Phi) is 6.00. The molecule has 188 valence electrons. The van der Waals surface area contributed by atoms with Gasteiger partial charge in [0, 0.05) is 0 Å². The Morgan fingerprint density at radius 2 is 1.36 bits per heavy atom. The lowest BCUT2D eigenvalue weighted by Gasteiger charge is -2.60. The second-order valence-corrected chi connectivity index (χ2v) is 11.1. The van der Waals surface area contributed by atoms with Crippen LogP contribution in [0.3, 0.4) is 0 Å². The molecule has 33 heavy (non-hydrogen) atoms. The lowest BCUT2D eigenvalue weighted by atomic mass is 9.45. The number of carbonyl (C=O) groups excluding carboxylic acids is 2. The van der Waals surface area contributed by atoms with Gasteiger partial charge >= 0.3 is 24.3 Å². The molecule has 4 rings (SSSR count). The van der Waals surface area contributed by atoms with Gasteiger partial charge in [-0.05, 0) is 92.3 Å². The monoisotopic (exact) mass is 484 g/mol. The first-order valence-corrected chi connectivity index (χ1v) is 11.7. The molecular weight excluding hydrogens is 454 g/mol. The summed E-state index contributed by atoms with van der Waals surface area (Å²) in [6.07, 6.45) is -5.82. The summed E-state index contributed by atoms with van der Waals surface area (Å²) in [6, 6.07) is 0. The molecule has 4 fully saturated rings. The van der Waals surface area contributed by atoms with E-state index in [1.165, 1.54) is 0 Å². The number of rotatable bonds is 2. The Morgan fingerprint density at radius 3 is 1.97 bits per heavy atom. The van der Waals surface area contributed by atoms with E-state index in [9.17, 15) is 35.9 Å². The molecule has 0 bridgehead atoms. The van der Waals surface area contributed by atoms with Gasteiger partial charge in [-0.3, -0.25) is 0 Å². The molecule has 0 radical (unpaired) electrons. The fourth-order valence-electron chi connectivity index (χ4n) is 7.85. The van der Waals surface area contributed by atoms with Crippen molar-refractivity contribution >= 4 is 11.9 Å². The van der Waals surface area contributed by atoms with Gasteiger partial charge in [-0.25, -0.2) is 9.59 Å². The zero-order chi connectivity index (χ0) is 24.4. The third kappa shape index (κ3) is 4.47. The average Bonchev–Trinajstić information content (AvgIpc) is 3.02. The molecule has 4 nitrogen and oxygen atoms in total. The first-order valence-electron chi connectivity index (χ1n) is 11.7.